The number of nitrogens with zero attached hydrogens (tertiary/aromatic N) is 1. The summed E-state index contributed by atoms with van der Waals surface area (Å²) in [5, 5.41) is 6.36. The van der Waals surface area contributed by atoms with Crippen molar-refractivity contribution in [1.82, 2.24) is 9.55 Å². The van der Waals surface area contributed by atoms with Crippen molar-refractivity contribution in [2.45, 2.75) is 39.2 Å². The van der Waals surface area contributed by atoms with Gasteiger partial charge in [-0.1, -0.05) is 0 Å². The van der Waals surface area contributed by atoms with Crippen LogP contribution in [0, 0.1) is 0 Å². The predicted octanol–water partition coefficient (Wildman–Crippen LogP) is 2.24. The Hall–Kier alpha value is -3.49. The highest BCUT2D eigenvalue weighted by atomic mass is 16.5. The van der Waals surface area contributed by atoms with Crippen molar-refractivity contribution in [3.05, 3.63) is 50.4 Å². The molecule has 0 saturated heterocycles. The Kier molecular flexibility index (Phi) is 5.35. The number of aromatic nitrogens is 2. The van der Waals surface area contributed by atoms with Crippen LogP contribution < -0.4 is 26.6 Å². The second-order valence-electron chi connectivity index (χ2n) is 7.18. The summed E-state index contributed by atoms with van der Waals surface area (Å²) in [5.74, 6) is 1.23. The van der Waals surface area contributed by atoms with Crippen molar-refractivity contribution < 1.29 is 13.9 Å². The minimum Gasteiger partial charge on any atom is -0.484 e. The molecule has 1 amide bonds. The SMILES string of the molecule is CCn1c(NC(=O)COc2ccc3oc4c(c3c2)CCCC4)c(NC)c(=O)[nH]c1=O. The zero-order valence-corrected chi connectivity index (χ0v) is 17.0. The van der Waals surface area contributed by atoms with Gasteiger partial charge in [-0.3, -0.25) is 19.1 Å². The lowest BCUT2D eigenvalue weighted by molar-refractivity contribution is -0.118. The summed E-state index contributed by atoms with van der Waals surface area (Å²) < 4.78 is 12.9. The lowest BCUT2D eigenvalue weighted by Gasteiger charge is -2.15. The number of furan rings is 1. The van der Waals surface area contributed by atoms with Crippen LogP contribution in [0.2, 0.25) is 0 Å². The van der Waals surface area contributed by atoms with E-state index in [4.69, 9.17) is 9.15 Å². The van der Waals surface area contributed by atoms with Gasteiger partial charge in [0, 0.05) is 31.0 Å². The van der Waals surface area contributed by atoms with E-state index in [1.807, 2.05) is 12.1 Å². The smallest absolute Gasteiger partial charge is 0.330 e. The van der Waals surface area contributed by atoms with Crippen LogP contribution in [0.5, 0.6) is 5.75 Å². The highest BCUT2D eigenvalue weighted by Crippen LogP contribution is 2.33. The van der Waals surface area contributed by atoms with Gasteiger partial charge in [-0.25, -0.2) is 4.79 Å². The number of hydrogen-bond acceptors (Lipinski definition) is 6. The molecule has 158 valence electrons. The highest BCUT2D eigenvalue weighted by Gasteiger charge is 2.19. The van der Waals surface area contributed by atoms with E-state index in [-0.39, 0.29) is 24.7 Å². The molecule has 0 saturated carbocycles. The maximum Gasteiger partial charge on any atom is 0.330 e. The van der Waals surface area contributed by atoms with Crippen LogP contribution in [-0.2, 0) is 24.2 Å². The number of ether oxygens (including phenoxy) is 1. The van der Waals surface area contributed by atoms with Gasteiger partial charge in [0.2, 0.25) is 0 Å². The zero-order chi connectivity index (χ0) is 21.3. The summed E-state index contributed by atoms with van der Waals surface area (Å²) in [7, 11) is 1.54. The molecule has 1 aliphatic carbocycles. The third-order valence-electron chi connectivity index (χ3n) is 5.32. The molecule has 0 unspecified atom stereocenters. The molecule has 0 radical (unpaired) electrons. The van der Waals surface area contributed by atoms with E-state index in [0.29, 0.717) is 5.75 Å². The first-order valence-electron chi connectivity index (χ1n) is 10.0. The second kappa shape index (κ2) is 8.10. The first-order chi connectivity index (χ1) is 14.5. The van der Waals surface area contributed by atoms with Crippen LogP contribution in [0.15, 0.2) is 32.2 Å². The topological polar surface area (TPSA) is 118 Å². The largest absolute Gasteiger partial charge is 0.484 e. The molecule has 9 nitrogen and oxygen atoms in total. The maximum atomic E-state index is 12.5. The molecule has 30 heavy (non-hydrogen) atoms. The van der Waals surface area contributed by atoms with E-state index in [1.54, 1.807) is 20.0 Å². The summed E-state index contributed by atoms with van der Waals surface area (Å²) >= 11 is 0. The molecule has 2 heterocycles. The molecule has 0 aliphatic heterocycles. The Labute approximate surface area is 172 Å². The van der Waals surface area contributed by atoms with E-state index >= 15 is 0 Å². The highest BCUT2D eigenvalue weighted by molar-refractivity contribution is 5.94. The van der Waals surface area contributed by atoms with Gasteiger partial charge >= 0.3 is 5.69 Å². The van der Waals surface area contributed by atoms with Crippen LogP contribution in [-0.4, -0.2) is 29.1 Å². The number of fused-ring (bicyclic) bond motifs is 3. The summed E-state index contributed by atoms with van der Waals surface area (Å²) in [6.07, 6.45) is 4.20. The normalized spacial score (nSPS) is 13.1. The Morgan fingerprint density at radius 1 is 1.27 bits per heavy atom. The van der Waals surface area contributed by atoms with Gasteiger partial charge in [-0.15, -0.1) is 0 Å². The van der Waals surface area contributed by atoms with Gasteiger partial charge in [0.1, 0.15) is 28.6 Å². The van der Waals surface area contributed by atoms with E-state index in [1.165, 1.54) is 10.1 Å². The minimum atomic E-state index is -0.599. The van der Waals surface area contributed by atoms with Gasteiger partial charge in [-0.05, 0) is 44.4 Å². The van der Waals surface area contributed by atoms with Crippen LogP contribution in [0.25, 0.3) is 11.0 Å². The van der Waals surface area contributed by atoms with E-state index in [2.05, 4.69) is 15.6 Å². The molecule has 1 aromatic carbocycles. The van der Waals surface area contributed by atoms with Crippen molar-refractivity contribution in [2.24, 2.45) is 0 Å². The van der Waals surface area contributed by atoms with Gasteiger partial charge in [0.25, 0.3) is 11.5 Å². The molecule has 0 bridgehead atoms. The number of anilines is 2. The molecule has 3 N–H and O–H groups in total. The summed E-state index contributed by atoms with van der Waals surface area (Å²) in [6, 6.07) is 5.51. The van der Waals surface area contributed by atoms with Crippen LogP contribution >= 0.6 is 0 Å². The lowest BCUT2D eigenvalue weighted by Crippen LogP contribution is -2.35. The minimum absolute atomic E-state index is 0.108. The van der Waals surface area contributed by atoms with Gasteiger partial charge in [-0.2, -0.15) is 0 Å². The molecule has 0 fully saturated rings. The zero-order valence-electron chi connectivity index (χ0n) is 17.0. The third kappa shape index (κ3) is 3.58. The summed E-state index contributed by atoms with van der Waals surface area (Å²) in [4.78, 5) is 38.7. The van der Waals surface area contributed by atoms with Crippen LogP contribution in [0.1, 0.15) is 31.1 Å². The molecule has 4 rings (SSSR count). The molecule has 0 spiro atoms. The van der Waals surface area contributed by atoms with Gasteiger partial charge < -0.3 is 19.8 Å². The summed E-state index contributed by atoms with van der Waals surface area (Å²) in [5.41, 5.74) is 0.968. The van der Waals surface area contributed by atoms with E-state index in [0.717, 1.165) is 42.4 Å². The first kappa shape index (κ1) is 19.8. The number of H-pyrrole nitrogens is 1. The molecular formula is C21H24N4O5. The Morgan fingerprint density at radius 3 is 2.83 bits per heavy atom. The Bertz CT molecular complexity index is 1180. The number of benzene rings is 1. The molecule has 0 atom stereocenters. The predicted molar refractivity (Wildman–Crippen MR) is 114 cm³/mol. The number of aryl methyl sites for hydroxylation is 2. The fourth-order valence-electron chi connectivity index (χ4n) is 3.88. The fraction of sp³-hybridized carbons (Fsp3) is 0.381. The number of carbonyl (C=O) groups is 1. The van der Waals surface area contributed by atoms with Crippen LogP contribution in [0.3, 0.4) is 0 Å². The lowest BCUT2D eigenvalue weighted by atomic mass is 9.96. The maximum absolute atomic E-state index is 12.5. The first-order valence-corrected chi connectivity index (χ1v) is 10.0. The average Bonchev–Trinajstić information content (AvgIpc) is 3.10. The van der Waals surface area contributed by atoms with Crippen molar-refractivity contribution in [3.8, 4) is 5.75 Å². The summed E-state index contributed by atoms with van der Waals surface area (Å²) in [6.45, 7) is 1.76. The van der Waals surface area contributed by atoms with Crippen molar-refractivity contribution in [3.63, 3.8) is 0 Å². The molecule has 2 aromatic heterocycles. The fourth-order valence-corrected chi connectivity index (χ4v) is 3.88. The van der Waals surface area contributed by atoms with Crippen molar-refractivity contribution in [1.29, 1.82) is 0 Å². The molecular weight excluding hydrogens is 388 g/mol. The number of hydrogen-bond donors (Lipinski definition) is 3. The average molecular weight is 412 g/mol. The van der Waals surface area contributed by atoms with E-state index < -0.39 is 17.2 Å². The van der Waals surface area contributed by atoms with E-state index in [9.17, 15) is 14.4 Å². The van der Waals surface area contributed by atoms with Crippen molar-refractivity contribution >= 4 is 28.4 Å². The molecule has 1 aliphatic rings. The molecule has 3 aromatic rings. The van der Waals surface area contributed by atoms with Crippen LogP contribution in [0.4, 0.5) is 11.5 Å². The Morgan fingerprint density at radius 2 is 2.07 bits per heavy atom. The number of rotatable bonds is 6. The van der Waals surface area contributed by atoms with Gasteiger partial charge in [0.05, 0.1) is 0 Å². The number of aromatic amines is 1. The monoisotopic (exact) mass is 412 g/mol. The molecule has 9 heteroatoms. The Balaban J connectivity index is 1.52. The standard InChI is InChI=1S/C21H24N4O5/c1-3-25-19(18(22-2)20(27)24-21(25)28)23-17(26)11-29-12-8-9-16-14(10-12)13-6-4-5-7-15(13)30-16/h8-10,22H,3-7,11H2,1-2H3,(H,23,26)(H,24,27,28). The number of amides is 1. The quantitative estimate of drug-likeness (QED) is 0.571. The number of carbonyl (C=O) groups excluding carboxylic acids is 1. The third-order valence-corrected chi connectivity index (χ3v) is 5.32. The van der Waals surface area contributed by atoms with Gasteiger partial charge in [0.15, 0.2) is 6.61 Å². The number of nitrogens with one attached hydrogen (secondary N) is 3. The second-order valence-corrected chi connectivity index (χ2v) is 7.18. The van der Waals surface area contributed by atoms with Crippen molar-refractivity contribution in [2.75, 3.05) is 24.3 Å².